The first-order valence-electron chi connectivity index (χ1n) is 6.49. The Morgan fingerprint density at radius 2 is 2.40 bits per heavy atom. The molecule has 0 aliphatic carbocycles. The van der Waals surface area contributed by atoms with Crippen LogP contribution in [0.15, 0.2) is 10.6 Å². The van der Waals surface area contributed by atoms with Gasteiger partial charge in [0.2, 0.25) is 17.7 Å². The maximum atomic E-state index is 12.0. The number of carbonyl (C=O) groups excluding carboxylic acids is 2. The van der Waals surface area contributed by atoms with Crippen molar-refractivity contribution in [3.8, 4) is 0 Å². The molecule has 1 aliphatic heterocycles. The molecule has 0 spiro atoms. The Kier molecular flexibility index (Phi) is 4.70. The Balaban J connectivity index is 1.92. The van der Waals surface area contributed by atoms with Crippen LogP contribution in [0.1, 0.15) is 5.69 Å². The zero-order valence-corrected chi connectivity index (χ0v) is 11.6. The van der Waals surface area contributed by atoms with Crippen LogP contribution in [-0.2, 0) is 9.59 Å². The fraction of sp³-hybridized carbons (Fsp3) is 0.583. The molecule has 110 valence electrons. The van der Waals surface area contributed by atoms with E-state index in [2.05, 4.69) is 21.1 Å². The van der Waals surface area contributed by atoms with Crippen LogP contribution >= 0.6 is 0 Å². The number of aromatic nitrogens is 1. The zero-order valence-electron chi connectivity index (χ0n) is 11.6. The molecule has 0 aromatic carbocycles. The van der Waals surface area contributed by atoms with Crippen molar-refractivity contribution in [2.45, 2.75) is 13.0 Å². The fourth-order valence-corrected chi connectivity index (χ4v) is 2.14. The number of nitrogens with zero attached hydrogens (tertiary/aromatic N) is 2. The van der Waals surface area contributed by atoms with E-state index in [0.717, 1.165) is 6.54 Å². The third kappa shape index (κ3) is 3.55. The Hall–Kier alpha value is -1.93. The molecule has 3 N–H and O–H groups in total. The topological polar surface area (TPSA) is 99.5 Å². The lowest BCUT2D eigenvalue weighted by Crippen LogP contribution is -2.58. The summed E-state index contributed by atoms with van der Waals surface area (Å²) >= 11 is 0. The molecule has 1 unspecified atom stereocenters. The van der Waals surface area contributed by atoms with E-state index in [-0.39, 0.29) is 24.4 Å². The molecule has 1 aromatic heterocycles. The standard InChI is InChI=1S/C12H19N5O3/c1-8-5-11(20-16-8)15-10(18)7-17-4-3-14-6-9(17)12(19)13-2/h5,9,14H,3-4,6-7H2,1-2H3,(H,13,19)(H,15,18). The number of amides is 2. The predicted molar refractivity (Wildman–Crippen MR) is 72.2 cm³/mol. The summed E-state index contributed by atoms with van der Waals surface area (Å²) in [5, 5.41) is 12.1. The van der Waals surface area contributed by atoms with Gasteiger partial charge in [-0.05, 0) is 6.92 Å². The van der Waals surface area contributed by atoms with Crippen molar-refractivity contribution < 1.29 is 14.1 Å². The summed E-state index contributed by atoms with van der Waals surface area (Å²) < 4.78 is 4.93. The van der Waals surface area contributed by atoms with E-state index >= 15 is 0 Å². The van der Waals surface area contributed by atoms with E-state index in [1.165, 1.54) is 0 Å². The van der Waals surface area contributed by atoms with E-state index in [0.29, 0.717) is 24.7 Å². The third-order valence-electron chi connectivity index (χ3n) is 3.14. The van der Waals surface area contributed by atoms with Crippen LogP contribution in [0.2, 0.25) is 0 Å². The number of anilines is 1. The smallest absolute Gasteiger partial charge is 0.240 e. The van der Waals surface area contributed by atoms with Gasteiger partial charge in [-0.2, -0.15) is 0 Å². The van der Waals surface area contributed by atoms with E-state index in [9.17, 15) is 9.59 Å². The Labute approximate surface area is 116 Å². The van der Waals surface area contributed by atoms with Gasteiger partial charge in [-0.15, -0.1) is 0 Å². The van der Waals surface area contributed by atoms with Gasteiger partial charge in [0.05, 0.1) is 12.2 Å². The number of hydrogen-bond acceptors (Lipinski definition) is 6. The average Bonchev–Trinajstić information content (AvgIpc) is 2.83. The fourth-order valence-electron chi connectivity index (χ4n) is 2.14. The van der Waals surface area contributed by atoms with Gasteiger partial charge in [0.25, 0.3) is 0 Å². The molecule has 1 aromatic rings. The number of piperazine rings is 1. The number of aryl methyl sites for hydroxylation is 1. The van der Waals surface area contributed by atoms with Crippen molar-refractivity contribution in [2.75, 3.05) is 38.5 Å². The van der Waals surface area contributed by atoms with Crippen LogP contribution in [0.25, 0.3) is 0 Å². The summed E-state index contributed by atoms with van der Waals surface area (Å²) in [6, 6.07) is 1.31. The maximum Gasteiger partial charge on any atom is 0.240 e. The predicted octanol–water partition coefficient (Wildman–Crippen LogP) is -1.06. The first kappa shape index (κ1) is 14.5. The maximum absolute atomic E-state index is 12.0. The van der Waals surface area contributed by atoms with Gasteiger partial charge >= 0.3 is 0 Å². The second kappa shape index (κ2) is 6.49. The molecule has 2 amide bonds. The lowest BCUT2D eigenvalue weighted by molar-refractivity contribution is -0.128. The normalized spacial score (nSPS) is 19.6. The van der Waals surface area contributed by atoms with Gasteiger partial charge in [0, 0.05) is 32.7 Å². The minimum Gasteiger partial charge on any atom is -0.358 e. The summed E-state index contributed by atoms with van der Waals surface area (Å²) in [4.78, 5) is 25.6. The van der Waals surface area contributed by atoms with Crippen LogP contribution in [-0.4, -0.2) is 61.1 Å². The highest BCUT2D eigenvalue weighted by Crippen LogP contribution is 2.09. The molecular weight excluding hydrogens is 262 g/mol. The minimum atomic E-state index is -0.337. The molecule has 1 atom stereocenters. The van der Waals surface area contributed by atoms with Gasteiger partial charge in [-0.25, -0.2) is 0 Å². The second-order valence-electron chi connectivity index (χ2n) is 4.69. The van der Waals surface area contributed by atoms with Crippen LogP contribution < -0.4 is 16.0 Å². The molecule has 1 saturated heterocycles. The van der Waals surface area contributed by atoms with Crippen molar-refractivity contribution in [1.82, 2.24) is 20.7 Å². The van der Waals surface area contributed by atoms with Crippen LogP contribution in [0, 0.1) is 6.92 Å². The third-order valence-corrected chi connectivity index (χ3v) is 3.14. The van der Waals surface area contributed by atoms with Gasteiger partial charge in [-0.3, -0.25) is 19.8 Å². The molecule has 1 aliphatic rings. The summed E-state index contributed by atoms with van der Waals surface area (Å²) in [5.74, 6) is -0.00316. The molecule has 0 saturated carbocycles. The molecule has 8 nitrogen and oxygen atoms in total. The first-order chi connectivity index (χ1) is 9.60. The van der Waals surface area contributed by atoms with Crippen LogP contribution in [0.5, 0.6) is 0 Å². The van der Waals surface area contributed by atoms with Gasteiger partial charge < -0.3 is 15.2 Å². The van der Waals surface area contributed by atoms with Crippen LogP contribution in [0.4, 0.5) is 5.88 Å². The SMILES string of the molecule is CNC(=O)C1CNCCN1CC(=O)Nc1cc(C)no1. The first-order valence-corrected chi connectivity index (χ1v) is 6.49. The average molecular weight is 281 g/mol. The highest BCUT2D eigenvalue weighted by Gasteiger charge is 2.29. The summed E-state index contributed by atoms with van der Waals surface area (Å²) in [7, 11) is 1.59. The summed E-state index contributed by atoms with van der Waals surface area (Å²) in [6.07, 6.45) is 0. The highest BCUT2D eigenvalue weighted by molar-refractivity contribution is 5.91. The van der Waals surface area contributed by atoms with Crippen molar-refractivity contribution in [3.05, 3.63) is 11.8 Å². The number of hydrogen-bond donors (Lipinski definition) is 3. The lowest BCUT2D eigenvalue weighted by atomic mass is 10.1. The van der Waals surface area contributed by atoms with Gasteiger partial charge in [0.1, 0.15) is 6.04 Å². The summed E-state index contributed by atoms with van der Waals surface area (Å²) in [6.45, 7) is 3.84. The zero-order chi connectivity index (χ0) is 14.5. The molecule has 1 fully saturated rings. The molecule has 2 rings (SSSR count). The number of likely N-dealkylation sites (N-methyl/N-ethyl adjacent to an activating group) is 1. The quantitative estimate of drug-likeness (QED) is 0.650. The Morgan fingerprint density at radius 1 is 1.60 bits per heavy atom. The largest absolute Gasteiger partial charge is 0.358 e. The Bertz CT molecular complexity index is 487. The molecule has 20 heavy (non-hydrogen) atoms. The molecule has 8 heteroatoms. The van der Waals surface area contributed by atoms with E-state index in [1.54, 1.807) is 20.0 Å². The highest BCUT2D eigenvalue weighted by atomic mass is 16.5. The molecule has 2 heterocycles. The van der Waals surface area contributed by atoms with Crippen molar-refractivity contribution in [2.24, 2.45) is 0 Å². The monoisotopic (exact) mass is 281 g/mol. The van der Waals surface area contributed by atoms with E-state index < -0.39 is 0 Å². The van der Waals surface area contributed by atoms with E-state index in [4.69, 9.17) is 4.52 Å². The minimum absolute atomic E-state index is 0.0968. The van der Waals surface area contributed by atoms with E-state index in [1.807, 2.05) is 4.90 Å². The molecule has 0 bridgehead atoms. The Morgan fingerprint density at radius 3 is 3.05 bits per heavy atom. The van der Waals surface area contributed by atoms with Crippen LogP contribution in [0.3, 0.4) is 0 Å². The second-order valence-corrected chi connectivity index (χ2v) is 4.69. The summed E-state index contributed by atoms with van der Waals surface area (Å²) in [5.41, 5.74) is 0.700. The number of nitrogens with one attached hydrogen (secondary N) is 3. The van der Waals surface area contributed by atoms with Gasteiger partial charge in [0.15, 0.2) is 0 Å². The number of carbonyl (C=O) groups is 2. The molecule has 0 radical (unpaired) electrons. The van der Waals surface area contributed by atoms with Crippen molar-refractivity contribution in [3.63, 3.8) is 0 Å². The number of rotatable bonds is 4. The lowest BCUT2D eigenvalue weighted by Gasteiger charge is -2.34. The van der Waals surface area contributed by atoms with Crippen molar-refractivity contribution >= 4 is 17.7 Å². The molecular formula is C12H19N5O3. The van der Waals surface area contributed by atoms with Crippen molar-refractivity contribution in [1.29, 1.82) is 0 Å². The van der Waals surface area contributed by atoms with Gasteiger partial charge in [-0.1, -0.05) is 5.16 Å².